The number of hydrogen-bond acceptors (Lipinski definition) is 3. The van der Waals surface area contributed by atoms with Crippen molar-refractivity contribution in [2.75, 3.05) is 13.1 Å². The van der Waals surface area contributed by atoms with Crippen molar-refractivity contribution in [2.45, 2.75) is 51.4 Å². The molecule has 0 atom stereocenters. The lowest BCUT2D eigenvalue weighted by Crippen LogP contribution is -2.38. The first-order valence-corrected chi connectivity index (χ1v) is 6.56. The fraction of sp³-hybridized carbons (Fsp3) is 0.846. The predicted octanol–water partition coefficient (Wildman–Crippen LogP) is 1.71. The third kappa shape index (κ3) is 4.74. The highest BCUT2D eigenvalue weighted by atomic mass is 16.1. The van der Waals surface area contributed by atoms with Crippen LogP contribution in [-0.4, -0.2) is 19.0 Å². The number of nitrogens with zero attached hydrogens (tertiary/aromatic N) is 1. The van der Waals surface area contributed by atoms with Gasteiger partial charge in [0.25, 0.3) is 0 Å². The Bertz CT molecular complexity index is 277. The van der Waals surface area contributed by atoms with Crippen molar-refractivity contribution in [2.24, 2.45) is 11.1 Å². The van der Waals surface area contributed by atoms with Crippen LogP contribution in [0.4, 0.5) is 0 Å². The second kappa shape index (κ2) is 7.29. The van der Waals surface area contributed by atoms with E-state index in [1.165, 1.54) is 19.3 Å². The number of carbonyl (C=O) groups is 1. The molecule has 0 heterocycles. The number of nitrogens with one attached hydrogen (secondary N) is 1. The van der Waals surface area contributed by atoms with Crippen molar-refractivity contribution in [3.05, 3.63) is 0 Å². The summed E-state index contributed by atoms with van der Waals surface area (Å²) in [5.74, 6) is 0.0929. The Labute approximate surface area is 104 Å². The number of hydrogen-bond donors (Lipinski definition) is 2. The van der Waals surface area contributed by atoms with Crippen molar-refractivity contribution >= 4 is 5.91 Å². The van der Waals surface area contributed by atoms with Gasteiger partial charge in [-0.25, -0.2) is 0 Å². The highest BCUT2D eigenvalue weighted by Gasteiger charge is 2.32. The van der Waals surface area contributed by atoms with Gasteiger partial charge in [0.15, 0.2) is 0 Å². The van der Waals surface area contributed by atoms with Gasteiger partial charge in [-0.1, -0.05) is 19.3 Å². The fourth-order valence-corrected chi connectivity index (χ4v) is 2.55. The summed E-state index contributed by atoms with van der Waals surface area (Å²) in [4.78, 5) is 11.8. The summed E-state index contributed by atoms with van der Waals surface area (Å²) in [6.45, 7) is 1.21. The smallest absolute Gasteiger partial charge is 0.220 e. The van der Waals surface area contributed by atoms with Gasteiger partial charge in [0.1, 0.15) is 0 Å². The van der Waals surface area contributed by atoms with Crippen LogP contribution in [0.5, 0.6) is 0 Å². The van der Waals surface area contributed by atoms with Crippen LogP contribution >= 0.6 is 0 Å². The van der Waals surface area contributed by atoms with Crippen LogP contribution in [-0.2, 0) is 4.79 Å². The molecule has 0 saturated heterocycles. The third-order valence-electron chi connectivity index (χ3n) is 3.67. The van der Waals surface area contributed by atoms with Crippen LogP contribution in [0.1, 0.15) is 51.4 Å². The second-order valence-corrected chi connectivity index (χ2v) is 5.05. The minimum absolute atomic E-state index is 0.0392. The maximum Gasteiger partial charge on any atom is 0.220 e. The van der Waals surface area contributed by atoms with Crippen molar-refractivity contribution in [3.8, 4) is 6.07 Å². The lowest BCUT2D eigenvalue weighted by molar-refractivity contribution is -0.123. The number of rotatable bonds is 6. The Morgan fingerprint density at radius 1 is 1.35 bits per heavy atom. The molecule has 1 aliphatic rings. The SMILES string of the molecule is N#CCCCNC(=O)CC1(CN)CCCCC1. The predicted molar refractivity (Wildman–Crippen MR) is 67.0 cm³/mol. The molecule has 17 heavy (non-hydrogen) atoms. The average molecular weight is 237 g/mol. The van der Waals surface area contributed by atoms with E-state index >= 15 is 0 Å². The molecule has 0 radical (unpaired) electrons. The van der Waals surface area contributed by atoms with Gasteiger partial charge in [0, 0.05) is 19.4 Å². The molecule has 4 heteroatoms. The van der Waals surface area contributed by atoms with E-state index in [4.69, 9.17) is 11.0 Å². The minimum atomic E-state index is 0.0392. The Morgan fingerprint density at radius 3 is 2.65 bits per heavy atom. The van der Waals surface area contributed by atoms with E-state index in [9.17, 15) is 4.79 Å². The van der Waals surface area contributed by atoms with Crippen molar-refractivity contribution in [1.29, 1.82) is 5.26 Å². The van der Waals surface area contributed by atoms with E-state index in [0.717, 1.165) is 19.3 Å². The van der Waals surface area contributed by atoms with E-state index < -0.39 is 0 Å². The maximum absolute atomic E-state index is 11.8. The average Bonchev–Trinajstić information content (AvgIpc) is 2.36. The van der Waals surface area contributed by atoms with Crippen LogP contribution < -0.4 is 11.1 Å². The van der Waals surface area contributed by atoms with Crippen LogP contribution in [0.2, 0.25) is 0 Å². The van der Waals surface area contributed by atoms with Crippen LogP contribution in [0.25, 0.3) is 0 Å². The molecule has 4 nitrogen and oxygen atoms in total. The molecule has 1 rings (SSSR count). The molecule has 1 aliphatic carbocycles. The van der Waals surface area contributed by atoms with Crippen molar-refractivity contribution < 1.29 is 4.79 Å². The topological polar surface area (TPSA) is 78.9 Å². The molecular weight excluding hydrogens is 214 g/mol. The largest absolute Gasteiger partial charge is 0.356 e. The van der Waals surface area contributed by atoms with E-state index in [1.54, 1.807) is 0 Å². The quantitative estimate of drug-likeness (QED) is 0.690. The summed E-state index contributed by atoms with van der Waals surface area (Å²) < 4.78 is 0. The number of nitriles is 1. The van der Waals surface area contributed by atoms with Gasteiger partial charge in [-0.3, -0.25) is 4.79 Å². The summed E-state index contributed by atoms with van der Waals surface area (Å²) in [6, 6.07) is 2.07. The van der Waals surface area contributed by atoms with Crippen molar-refractivity contribution in [3.63, 3.8) is 0 Å². The van der Waals surface area contributed by atoms with E-state index in [0.29, 0.717) is 25.9 Å². The standard InChI is InChI=1S/C13H23N3O/c14-8-4-5-9-16-12(17)10-13(11-15)6-2-1-3-7-13/h1-7,9-11,15H2,(H,16,17). The molecule has 0 unspecified atom stereocenters. The highest BCUT2D eigenvalue weighted by molar-refractivity contribution is 5.76. The van der Waals surface area contributed by atoms with Crippen LogP contribution in [0.3, 0.4) is 0 Å². The summed E-state index contributed by atoms with van der Waals surface area (Å²) in [5.41, 5.74) is 5.88. The zero-order valence-electron chi connectivity index (χ0n) is 10.5. The number of nitrogens with two attached hydrogens (primary N) is 1. The van der Waals surface area contributed by atoms with Gasteiger partial charge in [0.05, 0.1) is 6.07 Å². The van der Waals surface area contributed by atoms with Gasteiger partial charge in [0.2, 0.25) is 5.91 Å². The van der Waals surface area contributed by atoms with Crippen molar-refractivity contribution in [1.82, 2.24) is 5.32 Å². The molecular formula is C13H23N3O. The maximum atomic E-state index is 11.8. The van der Waals surface area contributed by atoms with Crippen LogP contribution in [0, 0.1) is 16.7 Å². The molecule has 0 aromatic carbocycles. The molecule has 1 fully saturated rings. The van der Waals surface area contributed by atoms with Gasteiger partial charge in [-0.2, -0.15) is 5.26 Å². The first kappa shape index (κ1) is 14.0. The molecule has 0 aromatic rings. The molecule has 0 aliphatic heterocycles. The number of carbonyl (C=O) groups excluding carboxylic acids is 1. The summed E-state index contributed by atoms with van der Waals surface area (Å²) >= 11 is 0. The second-order valence-electron chi connectivity index (χ2n) is 5.05. The van der Waals surface area contributed by atoms with Gasteiger partial charge in [-0.05, 0) is 31.2 Å². The molecule has 0 bridgehead atoms. The monoisotopic (exact) mass is 237 g/mol. The van der Waals surface area contributed by atoms with Gasteiger partial charge < -0.3 is 11.1 Å². The first-order chi connectivity index (χ1) is 8.22. The molecule has 0 spiro atoms. The molecule has 1 amide bonds. The third-order valence-corrected chi connectivity index (χ3v) is 3.67. The summed E-state index contributed by atoms with van der Waals surface area (Å²) in [7, 11) is 0. The van der Waals surface area contributed by atoms with E-state index in [2.05, 4.69) is 11.4 Å². The highest BCUT2D eigenvalue weighted by Crippen LogP contribution is 2.38. The molecule has 0 aromatic heterocycles. The molecule has 3 N–H and O–H groups in total. The fourth-order valence-electron chi connectivity index (χ4n) is 2.55. The number of amides is 1. The Hall–Kier alpha value is -1.08. The van der Waals surface area contributed by atoms with E-state index in [1.807, 2.05) is 0 Å². The Balaban J connectivity index is 2.30. The van der Waals surface area contributed by atoms with Crippen LogP contribution in [0.15, 0.2) is 0 Å². The summed E-state index contributed by atoms with van der Waals surface area (Å²) in [6.07, 6.45) is 7.60. The molecule has 96 valence electrons. The Morgan fingerprint density at radius 2 is 2.06 bits per heavy atom. The van der Waals surface area contributed by atoms with Gasteiger partial charge in [-0.15, -0.1) is 0 Å². The first-order valence-electron chi connectivity index (χ1n) is 6.56. The number of unbranched alkanes of at least 4 members (excludes halogenated alkanes) is 1. The zero-order valence-corrected chi connectivity index (χ0v) is 10.5. The Kier molecular flexibility index (Phi) is 5.99. The minimum Gasteiger partial charge on any atom is -0.356 e. The lowest BCUT2D eigenvalue weighted by Gasteiger charge is -2.35. The zero-order chi connectivity index (χ0) is 12.6. The summed E-state index contributed by atoms with van der Waals surface area (Å²) in [5, 5.41) is 11.3. The molecule has 1 saturated carbocycles. The lowest BCUT2D eigenvalue weighted by atomic mass is 9.71. The van der Waals surface area contributed by atoms with Gasteiger partial charge >= 0.3 is 0 Å². The van der Waals surface area contributed by atoms with E-state index in [-0.39, 0.29) is 11.3 Å². The normalized spacial score (nSPS) is 18.4.